The number of carbonyl (C=O) groups is 3. The molecule has 3 N–H and O–H groups in total. The second-order valence-corrected chi connectivity index (χ2v) is 10.2. The Morgan fingerprint density at radius 2 is 1.94 bits per heavy atom. The number of amides is 4. The average molecular weight is 470 g/mol. The van der Waals surface area contributed by atoms with Gasteiger partial charge in [-0.15, -0.1) is 11.3 Å². The maximum absolute atomic E-state index is 12.5. The molecule has 4 amide bonds. The van der Waals surface area contributed by atoms with Crippen molar-refractivity contribution >= 4 is 40.0 Å². The monoisotopic (exact) mass is 469 g/mol. The normalized spacial score (nSPS) is 19.0. The van der Waals surface area contributed by atoms with Gasteiger partial charge in [0.05, 0.1) is 11.7 Å². The second-order valence-electron chi connectivity index (χ2n) is 9.11. The minimum Gasteiger partial charge on any atom is -0.341 e. The van der Waals surface area contributed by atoms with Crippen LogP contribution in [-0.2, 0) is 22.4 Å². The Balaban J connectivity index is 1.32. The molecule has 2 atom stereocenters. The molecule has 1 aromatic heterocycles. The summed E-state index contributed by atoms with van der Waals surface area (Å²) in [4.78, 5) is 44.4. The molecule has 176 valence electrons. The van der Waals surface area contributed by atoms with Crippen molar-refractivity contribution in [1.29, 1.82) is 0 Å². The summed E-state index contributed by atoms with van der Waals surface area (Å²) >= 11 is 1.47. The van der Waals surface area contributed by atoms with Crippen LogP contribution in [0.2, 0.25) is 0 Å². The Bertz CT molecular complexity index is 1030. The van der Waals surface area contributed by atoms with E-state index in [4.69, 9.17) is 0 Å². The van der Waals surface area contributed by atoms with E-state index in [-0.39, 0.29) is 12.1 Å². The fourth-order valence-electron chi connectivity index (χ4n) is 4.34. The van der Waals surface area contributed by atoms with Gasteiger partial charge >= 0.3 is 17.8 Å². The molecule has 9 heteroatoms. The molecule has 2 heterocycles. The number of rotatable bonds is 5. The van der Waals surface area contributed by atoms with Crippen molar-refractivity contribution in [2.45, 2.75) is 52.5 Å². The maximum atomic E-state index is 12.5. The number of aryl methyl sites for hydroxylation is 1. The number of anilines is 2. The van der Waals surface area contributed by atoms with Crippen molar-refractivity contribution < 1.29 is 14.4 Å². The molecular weight excluding hydrogens is 438 g/mol. The van der Waals surface area contributed by atoms with E-state index in [2.05, 4.69) is 34.8 Å². The molecule has 0 saturated carbocycles. The third kappa shape index (κ3) is 5.35. The lowest BCUT2D eigenvalue weighted by molar-refractivity contribution is -0.136. The smallest absolute Gasteiger partial charge is 0.321 e. The number of nitrogens with one attached hydrogen (secondary N) is 3. The number of thiazole rings is 1. The summed E-state index contributed by atoms with van der Waals surface area (Å²) in [5.74, 6) is -0.150. The van der Waals surface area contributed by atoms with Crippen molar-refractivity contribution in [2.24, 2.45) is 11.8 Å². The lowest BCUT2D eigenvalue weighted by atomic mass is 9.83. The Kier molecular flexibility index (Phi) is 6.97. The number of carbonyl (C=O) groups excluding carboxylic acids is 3. The van der Waals surface area contributed by atoms with E-state index in [1.165, 1.54) is 16.2 Å². The van der Waals surface area contributed by atoms with Gasteiger partial charge in [-0.1, -0.05) is 26.0 Å². The highest BCUT2D eigenvalue weighted by Gasteiger charge is 2.26. The summed E-state index contributed by atoms with van der Waals surface area (Å²) in [7, 11) is 0. The zero-order valence-electron chi connectivity index (χ0n) is 19.3. The number of hydrogen-bond donors (Lipinski definition) is 3. The van der Waals surface area contributed by atoms with Crippen molar-refractivity contribution in [3.8, 4) is 0 Å². The summed E-state index contributed by atoms with van der Waals surface area (Å²) in [6.07, 6.45) is 3.91. The van der Waals surface area contributed by atoms with Gasteiger partial charge in [0.1, 0.15) is 0 Å². The first-order chi connectivity index (χ1) is 15.8. The average Bonchev–Trinajstić information content (AvgIpc) is 3.20. The Hall–Kier alpha value is -2.94. The highest BCUT2D eigenvalue weighted by atomic mass is 32.1. The van der Waals surface area contributed by atoms with Crippen LogP contribution in [0.1, 0.15) is 55.8 Å². The number of nitrogens with zero attached hydrogens (tertiary/aromatic N) is 2. The Morgan fingerprint density at radius 1 is 1.18 bits per heavy atom. The van der Waals surface area contributed by atoms with Crippen LogP contribution in [0.4, 0.5) is 15.6 Å². The van der Waals surface area contributed by atoms with E-state index in [0.29, 0.717) is 30.1 Å². The predicted octanol–water partition coefficient (Wildman–Crippen LogP) is 3.64. The number of hydrogen-bond acceptors (Lipinski definition) is 5. The lowest BCUT2D eigenvalue weighted by Crippen LogP contribution is -2.46. The van der Waals surface area contributed by atoms with E-state index < -0.39 is 11.8 Å². The molecule has 2 aliphatic rings. The van der Waals surface area contributed by atoms with Crippen LogP contribution in [-0.4, -0.2) is 35.9 Å². The summed E-state index contributed by atoms with van der Waals surface area (Å²) in [5.41, 5.74) is 2.70. The van der Waals surface area contributed by atoms with Crippen LogP contribution in [0.25, 0.3) is 0 Å². The number of fused-ring (bicyclic) bond motifs is 1. The van der Waals surface area contributed by atoms with E-state index in [0.717, 1.165) is 42.6 Å². The van der Waals surface area contributed by atoms with Crippen LogP contribution < -0.4 is 20.9 Å². The maximum Gasteiger partial charge on any atom is 0.321 e. The van der Waals surface area contributed by atoms with Gasteiger partial charge in [0, 0.05) is 23.7 Å². The first-order valence-electron chi connectivity index (χ1n) is 11.6. The quantitative estimate of drug-likeness (QED) is 0.582. The number of benzene rings is 1. The van der Waals surface area contributed by atoms with E-state index in [1.54, 1.807) is 4.90 Å². The van der Waals surface area contributed by atoms with Crippen molar-refractivity contribution in [1.82, 2.24) is 15.6 Å². The number of aromatic nitrogens is 1. The molecule has 0 spiro atoms. The highest BCUT2D eigenvalue weighted by molar-refractivity contribution is 7.16. The summed E-state index contributed by atoms with van der Waals surface area (Å²) in [6, 6.07) is 6.97. The zero-order chi connectivity index (χ0) is 23.5. The van der Waals surface area contributed by atoms with Gasteiger partial charge in [0.25, 0.3) is 0 Å². The minimum atomic E-state index is -0.713. The summed E-state index contributed by atoms with van der Waals surface area (Å²) < 4.78 is 0. The molecule has 2 unspecified atom stereocenters. The third-order valence-electron chi connectivity index (χ3n) is 6.48. The topological polar surface area (TPSA) is 103 Å². The van der Waals surface area contributed by atoms with Gasteiger partial charge in [-0.25, -0.2) is 9.78 Å². The van der Waals surface area contributed by atoms with Gasteiger partial charge < -0.3 is 10.6 Å². The fourth-order valence-corrected chi connectivity index (χ4v) is 5.44. The van der Waals surface area contributed by atoms with Crippen LogP contribution in [0.15, 0.2) is 24.3 Å². The third-order valence-corrected chi connectivity index (χ3v) is 7.51. The van der Waals surface area contributed by atoms with Gasteiger partial charge in [-0.3, -0.25) is 19.8 Å². The molecule has 1 fully saturated rings. The Morgan fingerprint density at radius 3 is 2.64 bits per heavy atom. The molecule has 1 saturated heterocycles. The summed E-state index contributed by atoms with van der Waals surface area (Å²) in [5, 5.41) is 8.72. The molecule has 1 aliphatic heterocycles. The second kappa shape index (κ2) is 9.91. The predicted molar refractivity (Wildman–Crippen MR) is 129 cm³/mol. The standard InChI is InChI=1S/C24H31N5O3S/c1-14(2)17-7-10-19-20(13-17)33-23(27-19)28-22(31)21(30)26-15(3)16-5-8-18(9-6-16)29-12-4-11-25-24(29)32/h5-6,8-9,14-15,17H,4,7,10-13H2,1-3H3,(H,25,32)(H,26,30)(H,27,28,31). The van der Waals surface area contributed by atoms with Crippen molar-refractivity contribution in [3.63, 3.8) is 0 Å². The molecule has 8 nitrogen and oxygen atoms in total. The van der Waals surface area contributed by atoms with E-state index in [1.807, 2.05) is 31.2 Å². The molecule has 1 aromatic carbocycles. The molecule has 0 bridgehead atoms. The van der Waals surface area contributed by atoms with E-state index >= 15 is 0 Å². The molecule has 2 aromatic rings. The number of urea groups is 1. The van der Waals surface area contributed by atoms with Crippen molar-refractivity contribution in [2.75, 3.05) is 23.3 Å². The van der Waals surface area contributed by atoms with Crippen LogP contribution in [0, 0.1) is 11.8 Å². The van der Waals surface area contributed by atoms with E-state index in [9.17, 15) is 14.4 Å². The summed E-state index contributed by atoms with van der Waals surface area (Å²) in [6.45, 7) is 7.67. The van der Waals surface area contributed by atoms with Crippen LogP contribution >= 0.6 is 11.3 Å². The van der Waals surface area contributed by atoms with Crippen molar-refractivity contribution in [3.05, 3.63) is 40.4 Å². The fraction of sp³-hybridized carbons (Fsp3) is 0.500. The molecule has 4 rings (SSSR count). The van der Waals surface area contributed by atoms with Gasteiger partial charge in [-0.2, -0.15) is 0 Å². The minimum absolute atomic E-state index is 0.101. The van der Waals surface area contributed by atoms with Gasteiger partial charge in [0.15, 0.2) is 5.13 Å². The highest BCUT2D eigenvalue weighted by Crippen LogP contribution is 2.35. The molecular formula is C24H31N5O3S. The molecule has 0 radical (unpaired) electrons. The Labute approximate surface area is 198 Å². The first kappa shape index (κ1) is 23.2. The largest absolute Gasteiger partial charge is 0.341 e. The zero-order valence-corrected chi connectivity index (χ0v) is 20.1. The lowest BCUT2D eigenvalue weighted by Gasteiger charge is -2.27. The van der Waals surface area contributed by atoms with Gasteiger partial charge in [0.2, 0.25) is 0 Å². The van der Waals surface area contributed by atoms with Crippen LogP contribution in [0.5, 0.6) is 0 Å². The van der Waals surface area contributed by atoms with Gasteiger partial charge in [-0.05, 0) is 62.1 Å². The first-order valence-corrected chi connectivity index (χ1v) is 12.4. The van der Waals surface area contributed by atoms with Crippen LogP contribution in [0.3, 0.4) is 0 Å². The SMILES string of the molecule is CC(NC(=O)C(=O)Nc1nc2c(s1)CC(C(C)C)CC2)c1ccc(N2CCCNC2=O)cc1. The molecule has 33 heavy (non-hydrogen) atoms. The molecule has 1 aliphatic carbocycles.